The number of nitrogens with two attached hydrogens (primary N) is 1. The molecule has 2 aromatic rings. The molecule has 8 nitrogen and oxygen atoms in total. The number of hydrogen-bond donors (Lipinski definition) is 2. The van der Waals surface area contributed by atoms with Crippen molar-refractivity contribution in [1.82, 2.24) is 0 Å². The quantitative estimate of drug-likeness (QED) is 0.533. The Morgan fingerprint density at radius 2 is 1.84 bits per heavy atom. The summed E-state index contributed by atoms with van der Waals surface area (Å²) in [5, 5.41) is 9.05. The molecule has 1 unspecified atom stereocenters. The number of carboxylic acid groups (broad SMARTS) is 1. The summed E-state index contributed by atoms with van der Waals surface area (Å²) in [7, 11) is 0. The largest absolute Gasteiger partial charge is 0.493 e. The summed E-state index contributed by atoms with van der Waals surface area (Å²) in [5.41, 5.74) is 6.47. The van der Waals surface area contributed by atoms with Gasteiger partial charge in [-0.05, 0) is 31.0 Å². The molecule has 0 saturated carbocycles. The van der Waals surface area contributed by atoms with Crippen LogP contribution in [0.2, 0.25) is 0 Å². The number of para-hydroxylation sites is 3. The summed E-state index contributed by atoms with van der Waals surface area (Å²) in [6.07, 6.45) is 1.00. The number of carboxylic acids is 1. The van der Waals surface area contributed by atoms with Gasteiger partial charge in [0.05, 0.1) is 18.7 Å². The molecular weight excluding hydrogens is 400 g/mol. The molecule has 1 heterocycles. The van der Waals surface area contributed by atoms with Gasteiger partial charge in [-0.2, -0.15) is 0 Å². The molecule has 31 heavy (non-hydrogen) atoms. The normalized spacial score (nSPS) is 15.2. The van der Waals surface area contributed by atoms with Gasteiger partial charge in [0.2, 0.25) is 5.91 Å². The van der Waals surface area contributed by atoms with Crippen molar-refractivity contribution in [2.45, 2.75) is 38.2 Å². The summed E-state index contributed by atoms with van der Waals surface area (Å²) >= 11 is 0. The van der Waals surface area contributed by atoms with E-state index in [0.717, 1.165) is 0 Å². The predicted octanol–water partition coefficient (Wildman–Crippen LogP) is 2.53. The number of amides is 2. The molecule has 8 heteroatoms. The number of nitrogens with zero attached hydrogens (tertiary/aromatic N) is 1. The van der Waals surface area contributed by atoms with Gasteiger partial charge in [-0.1, -0.05) is 30.3 Å². The van der Waals surface area contributed by atoms with Gasteiger partial charge in [-0.3, -0.25) is 14.4 Å². The van der Waals surface area contributed by atoms with Crippen LogP contribution in [0.1, 0.15) is 31.2 Å². The third kappa shape index (κ3) is 5.97. The third-order valence-electron chi connectivity index (χ3n) is 4.97. The summed E-state index contributed by atoms with van der Waals surface area (Å²) < 4.78 is 11.7. The highest BCUT2D eigenvalue weighted by atomic mass is 16.5. The van der Waals surface area contributed by atoms with E-state index < -0.39 is 12.1 Å². The van der Waals surface area contributed by atoms with Crippen molar-refractivity contribution < 1.29 is 29.0 Å². The summed E-state index contributed by atoms with van der Waals surface area (Å²) in [5.74, 6) is -0.359. The second kappa shape index (κ2) is 10.5. The maximum atomic E-state index is 13.0. The minimum Gasteiger partial charge on any atom is -0.493 e. The van der Waals surface area contributed by atoms with E-state index in [0.29, 0.717) is 48.6 Å². The second-order valence-corrected chi connectivity index (χ2v) is 7.30. The lowest BCUT2D eigenvalue weighted by Crippen LogP contribution is -2.47. The number of unbranched alkanes of at least 4 members (excludes halogenated alkanes) is 1. The molecule has 0 fully saturated rings. The zero-order valence-corrected chi connectivity index (χ0v) is 17.2. The number of ether oxygens (including phenoxy) is 2. The molecule has 0 spiro atoms. The van der Waals surface area contributed by atoms with E-state index in [1.165, 1.54) is 0 Å². The molecule has 0 bridgehead atoms. The molecule has 2 aromatic carbocycles. The van der Waals surface area contributed by atoms with Crippen LogP contribution in [0.25, 0.3) is 0 Å². The van der Waals surface area contributed by atoms with Gasteiger partial charge in [0.15, 0.2) is 6.10 Å². The van der Waals surface area contributed by atoms with E-state index in [2.05, 4.69) is 0 Å². The van der Waals surface area contributed by atoms with Crippen LogP contribution in [0.5, 0.6) is 11.5 Å². The first-order valence-electron chi connectivity index (χ1n) is 10.2. The highest BCUT2D eigenvalue weighted by Crippen LogP contribution is 2.34. The molecular formula is C23H26N2O6. The van der Waals surface area contributed by atoms with E-state index in [4.69, 9.17) is 20.3 Å². The number of anilines is 1. The predicted molar refractivity (Wildman–Crippen MR) is 114 cm³/mol. The lowest BCUT2D eigenvalue weighted by atomic mass is 10.1. The molecule has 2 amide bonds. The molecule has 3 N–H and O–H groups in total. The van der Waals surface area contributed by atoms with Crippen molar-refractivity contribution in [3.63, 3.8) is 0 Å². The number of primary amides is 1. The van der Waals surface area contributed by atoms with Crippen molar-refractivity contribution in [2.75, 3.05) is 18.1 Å². The Kier molecular flexibility index (Phi) is 7.48. The Morgan fingerprint density at radius 1 is 1.10 bits per heavy atom. The van der Waals surface area contributed by atoms with Gasteiger partial charge in [0, 0.05) is 24.9 Å². The van der Waals surface area contributed by atoms with Gasteiger partial charge in [-0.15, -0.1) is 0 Å². The Bertz CT molecular complexity index is 945. The van der Waals surface area contributed by atoms with Crippen LogP contribution in [0.15, 0.2) is 48.5 Å². The van der Waals surface area contributed by atoms with Crippen LogP contribution in [0.3, 0.4) is 0 Å². The number of carbonyl (C=O) groups is 3. The number of benzene rings is 2. The smallest absolute Gasteiger partial charge is 0.307 e. The van der Waals surface area contributed by atoms with Gasteiger partial charge >= 0.3 is 5.97 Å². The SMILES string of the molecule is NC(=O)CCCCN1C(=O)C(CCOc2ccccc2CC(=O)O)Oc2ccccc21. The number of carbonyl (C=O) groups excluding carboxylic acids is 2. The standard InChI is InChI=1S/C23H26N2O6/c24-21(26)11-5-6-13-25-17-8-2-4-10-19(17)31-20(23(25)29)12-14-30-18-9-3-1-7-16(18)15-22(27)28/h1-4,7-10,20H,5-6,11-15H2,(H2,24,26)(H,27,28). The molecule has 0 radical (unpaired) electrons. The average molecular weight is 426 g/mol. The van der Waals surface area contributed by atoms with E-state index in [1.807, 2.05) is 24.3 Å². The maximum absolute atomic E-state index is 13.0. The van der Waals surface area contributed by atoms with E-state index in [1.54, 1.807) is 29.2 Å². The van der Waals surface area contributed by atoms with Gasteiger partial charge in [-0.25, -0.2) is 0 Å². The van der Waals surface area contributed by atoms with Crippen molar-refractivity contribution in [1.29, 1.82) is 0 Å². The molecule has 1 aliphatic rings. The van der Waals surface area contributed by atoms with Gasteiger partial charge in [0.25, 0.3) is 5.91 Å². The Morgan fingerprint density at radius 3 is 2.61 bits per heavy atom. The minimum atomic E-state index is -0.939. The van der Waals surface area contributed by atoms with Crippen molar-refractivity contribution in [2.24, 2.45) is 5.73 Å². The van der Waals surface area contributed by atoms with Crippen LogP contribution < -0.4 is 20.1 Å². The number of hydrogen-bond acceptors (Lipinski definition) is 5. The fourth-order valence-corrected chi connectivity index (χ4v) is 3.49. The Labute approximate surface area is 180 Å². The highest BCUT2D eigenvalue weighted by Gasteiger charge is 2.33. The monoisotopic (exact) mass is 426 g/mol. The fraction of sp³-hybridized carbons (Fsp3) is 0.348. The Hall–Kier alpha value is -3.55. The fourth-order valence-electron chi connectivity index (χ4n) is 3.49. The molecule has 0 saturated heterocycles. The molecule has 164 valence electrons. The summed E-state index contributed by atoms with van der Waals surface area (Å²) in [4.78, 5) is 36.7. The van der Waals surface area contributed by atoms with Crippen molar-refractivity contribution >= 4 is 23.5 Å². The second-order valence-electron chi connectivity index (χ2n) is 7.30. The van der Waals surface area contributed by atoms with Crippen LogP contribution >= 0.6 is 0 Å². The van der Waals surface area contributed by atoms with Crippen LogP contribution in [0, 0.1) is 0 Å². The molecule has 1 atom stereocenters. The molecule has 1 aliphatic heterocycles. The van der Waals surface area contributed by atoms with Crippen molar-refractivity contribution in [3.05, 3.63) is 54.1 Å². The van der Waals surface area contributed by atoms with Gasteiger partial charge in [0.1, 0.15) is 11.5 Å². The van der Waals surface area contributed by atoms with Crippen LogP contribution in [-0.4, -0.2) is 42.1 Å². The first-order valence-corrected chi connectivity index (χ1v) is 10.2. The average Bonchev–Trinajstić information content (AvgIpc) is 2.73. The summed E-state index contributed by atoms with van der Waals surface area (Å²) in [6.45, 7) is 0.663. The third-order valence-corrected chi connectivity index (χ3v) is 4.97. The lowest BCUT2D eigenvalue weighted by molar-refractivity contribution is -0.136. The Balaban J connectivity index is 1.63. The van der Waals surface area contributed by atoms with E-state index in [-0.39, 0.29) is 31.3 Å². The van der Waals surface area contributed by atoms with Gasteiger partial charge < -0.3 is 25.2 Å². The summed E-state index contributed by atoms with van der Waals surface area (Å²) in [6, 6.07) is 14.3. The first-order chi connectivity index (χ1) is 15.0. The van der Waals surface area contributed by atoms with Crippen molar-refractivity contribution in [3.8, 4) is 11.5 Å². The maximum Gasteiger partial charge on any atom is 0.307 e. The number of aliphatic carboxylic acids is 1. The number of fused-ring (bicyclic) bond motifs is 1. The molecule has 3 rings (SSSR count). The van der Waals surface area contributed by atoms with E-state index >= 15 is 0 Å². The van der Waals surface area contributed by atoms with Crippen LogP contribution in [-0.2, 0) is 20.8 Å². The lowest BCUT2D eigenvalue weighted by Gasteiger charge is -2.34. The van der Waals surface area contributed by atoms with E-state index in [9.17, 15) is 14.4 Å². The van der Waals surface area contributed by atoms with Crippen LogP contribution in [0.4, 0.5) is 5.69 Å². The minimum absolute atomic E-state index is 0.137. The topological polar surface area (TPSA) is 119 Å². The highest BCUT2D eigenvalue weighted by molar-refractivity contribution is 6.00. The zero-order valence-electron chi connectivity index (χ0n) is 17.2. The molecule has 0 aromatic heterocycles. The first kappa shape index (κ1) is 22.1. The number of rotatable bonds is 11. The molecule has 0 aliphatic carbocycles. The zero-order chi connectivity index (χ0) is 22.2.